The van der Waals surface area contributed by atoms with E-state index in [9.17, 15) is 4.79 Å². The molecule has 0 saturated carbocycles. The Morgan fingerprint density at radius 3 is 2.39 bits per heavy atom. The van der Waals surface area contributed by atoms with E-state index in [1.54, 1.807) is 21.3 Å². The van der Waals surface area contributed by atoms with Crippen LogP contribution in [0.1, 0.15) is 16.7 Å². The zero-order chi connectivity index (χ0) is 19.9. The van der Waals surface area contributed by atoms with Crippen molar-refractivity contribution in [3.8, 4) is 17.2 Å². The molecule has 1 aliphatic rings. The number of hydrogen-bond acceptors (Lipinski definition) is 5. The number of carbonyl (C=O) groups is 1. The summed E-state index contributed by atoms with van der Waals surface area (Å²) in [5.74, 6) is 2.38. The van der Waals surface area contributed by atoms with Crippen LogP contribution in [0.15, 0.2) is 36.4 Å². The van der Waals surface area contributed by atoms with Crippen molar-refractivity contribution in [2.45, 2.75) is 19.4 Å². The predicted molar refractivity (Wildman–Crippen MR) is 108 cm³/mol. The largest absolute Gasteiger partial charge is 0.496 e. The highest BCUT2D eigenvalue weighted by Gasteiger charge is 2.21. The van der Waals surface area contributed by atoms with E-state index in [-0.39, 0.29) is 5.91 Å². The summed E-state index contributed by atoms with van der Waals surface area (Å²) < 4.78 is 16.1. The molecule has 0 aliphatic carbocycles. The van der Waals surface area contributed by atoms with Gasteiger partial charge in [0.2, 0.25) is 5.91 Å². The van der Waals surface area contributed by atoms with Crippen LogP contribution in [0.4, 0.5) is 0 Å². The van der Waals surface area contributed by atoms with Crippen LogP contribution < -0.4 is 19.5 Å². The van der Waals surface area contributed by atoms with Crippen molar-refractivity contribution in [1.29, 1.82) is 0 Å². The molecule has 1 N–H and O–H groups in total. The molecule has 1 heterocycles. The first-order valence-corrected chi connectivity index (χ1v) is 9.49. The second kappa shape index (κ2) is 9.46. The predicted octanol–water partition coefficient (Wildman–Crippen LogP) is 2.43. The molecule has 0 bridgehead atoms. The average molecular weight is 384 g/mol. The summed E-state index contributed by atoms with van der Waals surface area (Å²) in [7, 11) is 4.95. The summed E-state index contributed by atoms with van der Waals surface area (Å²) >= 11 is 0. The highest BCUT2D eigenvalue weighted by Crippen LogP contribution is 2.33. The zero-order valence-corrected chi connectivity index (χ0v) is 16.8. The fraction of sp³-hybridized carbons (Fsp3) is 0.409. The van der Waals surface area contributed by atoms with Crippen LogP contribution in [0.25, 0.3) is 0 Å². The maximum atomic E-state index is 12.4. The maximum absolute atomic E-state index is 12.4. The van der Waals surface area contributed by atoms with Gasteiger partial charge in [0.25, 0.3) is 0 Å². The average Bonchev–Trinajstić information content (AvgIpc) is 2.73. The topological polar surface area (TPSA) is 60.0 Å². The van der Waals surface area contributed by atoms with Crippen molar-refractivity contribution < 1.29 is 19.0 Å². The molecule has 0 atom stereocenters. The lowest BCUT2D eigenvalue weighted by atomic mass is 9.99. The van der Waals surface area contributed by atoms with Crippen molar-refractivity contribution in [2.24, 2.45) is 0 Å². The van der Waals surface area contributed by atoms with Crippen LogP contribution in [0.5, 0.6) is 17.2 Å². The van der Waals surface area contributed by atoms with E-state index in [0.717, 1.165) is 48.7 Å². The minimum absolute atomic E-state index is 0.0406. The Balaban J connectivity index is 1.52. The smallest absolute Gasteiger partial charge is 0.234 e. The van der Waals surface area contributed by atoms with Gasteiger partial charge in [0.1, 0.15) is 5.75 Å². The Morgan fingerprint density at radius 2 is 1.68 bits per heavy atom. The van der Waals surface area contributed by atoms with E-state index in [1.807, 2.05) is 36.4 Å². The summed E-state index contributed by atoms with van der Waals surface area (Å²) in [5.41, 5.74) is 3.54. The molecule has 28 heavy (non-hydrogen) atoms. The number of methoxy groups -OCH3 is 3. The monoisotopic (exact) mass is 384 g/mol. The van der Waals surface area contributed by atoms with Crippen molar-refractivity contribution in [2.75, 3.05) is 41.0 Å². The second-order valence-corrected chi connectivity index (χ2v) is 6.85. The van der Waals surface area contributed by atoms with E-state index in [2.05, 4.69) is 10.2 Å². The summed E-state index contributed by atoms with van der Waals surface area (Å²) in [6, 6.07) is 11.9. The zero-order valence-electron chi connectivity index (χ0n) is 16.8. The standard InChI is InChI=1S/C22H28N2O4/c1-26-19-7-5-4-6-16(19)8-10-23-22(25)15-24-11-9-17-12-20(27-2)21(28-3)13-18(17)14-24/h4-7,12-13H,8-11,14-15H2,1-3H3,(H,23,25). The number of fused-ring (bicyclic) bond motifs is 1. The normalized spacial score (nSPS) is 13.5. The number of amides is 1. The molecule has 150 valence electrons. The molecule has 2 aromatic carbocycles. The molecule has 0 saturated heterocycles. The van der Waals surface area contributed by atoms with E-state index in [4.69, 9.17) is 14.2 Å². The van der Waals surface area contributed by atoms with Gasteiger partial charge in [-0.3, -0.25) is 9.69 Å². The van der Waals surface area contributed by atoms with Crippen LogP contribution >= 0.6 is 0 Å². The molecule has 6 heteroatoms. The fourth-order valence-corrected chi connectivity index (χ4v) is 3.58. The van der Waals surface area contributed by atoms with Crippen molar-refractivity contribution in [1.82, 2.24) is 10.2 Å². The third kappa shape index (κ3) is 4.75. The minimum atomic E-state index is 0.0406. The summed E-state index contributed by atoms with van der Waals surface area (Å²) in [5, 5.41) is 3.01. The molecular formula is C22H28N2O4. The summed E-state index contributed by atoms with van der Waals surface area (Å²) in [4.78, 5) is 14.5. The Hall–Kier alpha value is -2.73. The van der Waals surface area contributed by atoms with Gasteiger partial charge in [0.15, 0.2) is 11.5 Å². The molecule has 1 amide bonds. The Labute approximate surface area is 166 Å². The maximum Gasteiger partial charge on any atom is 0.234 e. The first-order chi connectivity index (χ1) is 13.6. The van der Waals surface area contributed by atoms with Gasteiger partial charge in [-0.2, -0.15) is 0 Å². The molecule has 0 unspecified atom stereocenters. The van der Waals surface area contributed by atoms with Gasteiger partial charge in [0.05, 0.1) is 27.9 Å². The van der Waals surface area contributed by atoms with Gasteiger partial charge in [-0.1, -0.05) is 18.2 Å². The summed E-state index contributed by atoms with van der Waals surface area (Å²) in [6.45, 7) is 2.56. The van der Waals surface area contributed by atoms with Crippen LogP contribution in [0.3, 0.4) is 0 Å². The number of ether oxygens (including phenoxy) is 3. The van der Waals surface area contributed by atoms with E-state index < -0.39 is 0 Å². The molecule has 2 aromatic rings. The second-order valence-electron chi connectivity index (χ2n) is 6.85. The number of para-hydroxylation sites is 1. The Bertz CT molecular complexity index is 822. The number of rotatable bonds is 8. The minimum Gasteiger partial charge on any atom is -0.496 e. The van der Waals surface area contributed by atoms with Gasteiger partial charge in [-0.15, -0.1) is 0 Å². The van der Waals surface area contributed by atoms with Gasteiger partial charge >= 0.3 is 0 Å². The third-order valence-electron chi connectivity index (χ3n) is 5.07. The van der Waals surface area contributed by atoms with Gasteiger partial charge in [-0.05, 0) is 47.7 Å². The van der Waals surface area contributed by atoms with Crippen LogP contribution in [-0.4, -0.2) is 51.8 Å². The number of nitrogens with one attached hydrogen (secondary N) is 1. The first-order valence-electron chi connectivity index (χ1n) is 9.49. The molecular weight excluding hydrogens is 356 g/mol. The SMILES string of the molecule is COc1ccccc1CCNC(=O)CN1CCc2cc(OC)c(OC)cc2C1. The van der Waals surface area contributed by atoms with Gasteiger partial charge in [0, 0.05) is 19.6 Å². The lowest BCUT2D eigenvalue weighted by Crippen LogP contribution is -2.40. The highest BCUT2D eigenvalue weighted by molar-refractivity contribution is 5.78. The van der Waals surface area contributed by atoms with Crippen molar-refractivity contribution >= 4 is 5.91 Å². The number of benzene rings is 2. The number of nitrogens with zero attached hydrogens (tertiary/aromatic N) is 1. The van der Waals surface area contributed by atoms with E-state index in [1.165, 1.54) is 11.1 Å². The molecule has 3 rings (SSSR count). The lowest BCUT2D eigenvalue weighted by Gasteiger charge is -2.29. The van der Waals surface area contributed by atoms with Crippen molar-refractivity contribution in [3.05, 3.63) is 53.1 Å². The lowest BCUT2D eigenvalue weighted by molar-refractivity contribution is -0.122. The van der Waals surface area contributed by atoms with E-state index in [0.29, 0.717) is 13.1 Å². The summed E-state index contributed by atoms with van der Waals surface area (Å²) in [6.07, 6.45) is 1.64. The molecule has 0 fully saturated rings. The first kappa shape index (κ1) is 20.0. The number of carbonyl (C=O) groups excluding carboxylic acids is 1. The third-order valence-corrected chi connectivity index (χ3v) is 5.07. The quantitative estimate of drug-likeness (QED) is 0.758. The highest BCUT2D eigenvalue weighted by atomic mass is 16.5. The van der Waals surface area contributed by atoms with E-state index >= 15 is 0 Å². The van der Waals surface area contributed by atoms with Crippen LogP contribution in [0, 0.1) is 0 Å². The number of hydrogen-bond donors (Lipinski definition) is 1. The van der Waals surface area contributed by atoms with Crippen LogP contribution in [-0.2, 0) is 24.2 Å². The van der Waals surface area contributed by atoms with Gasteiger partial charge in [-0.25, -0.2) is 0 Å². The van der Waals surface area contributed by atoms with Crippen molar-refractivity contribution in [3.63, 3.8) is 0 Å². The Morgan fingerprint density at radius 1 is 1.00 bits per heavy atom. The molecule has 1 aliphatic heterocycles. The molecule has 0 spiro atoms. The molecule has 0 radical (unpaired) electrons. The molecule has 6 nitrogen and oxygen atoms in total. The van der Waals surface area contributed by atoms with Gasteiger partial charge < -0.3 is 19.5 Å². The molecule has 0 aromatic heterocycles. The Kier molecular flexibility index (Phi) is 6.76. The fourth-order valence-electron chi connectivity index (χ4n) is 3.58. The van der Waals surface area contributed by atoms with Crippen LogP contribution in [0.2, 0.25) is 0 Å².